The molecule has 0 unspecified atom stereocenters. The Hall–Kier alpha value is -2.06. The van der Waals surface area contributed by atoms with Gasteiger partial charge in [0.2, 0.25) is 0 Å². The molecule has 0 amide bonds. The van der Waals surface area contributed by atoms with Gasteiger partial charge in [-0.1, -0.05) is 0 Å². The Kier molecular flexibility index (Phi) is 4.74. The highest BCUT2D eigenvalue weighted by molar-refractivity contribution is 5.39. The number of rotatable bonds is 2. The maximum Gasteiger partial charge on any atom is 0.269 e. The molecular weight excluding hydrogens is 196 g/mol. The molecule has 0 fully saturated rings. The van der Waals surface area contributed by atoms with Gasteiger partial charge in [-0.3, -0.25) is 30.7 Å². The molecule has 0 aliphatic carbocycles. The lowest BCUT2D eigenvalue weighted by Crippen LogP contribution is -1.90. The van der Waals surface area contributed by atoms with Gasteiger partial charge in [0, 0.05) is 24.3 Å². The van der Waals surface area contributed by atoms with Gasteiger partial charge >= 0.3 is 0 Å². The number of non-ortho nitro benzene ring substituents is 2. The minimum absolute atomic E-state index is 0.152. The summed E-state index contributed by atoms with van der Waals surface area (Å²) in [6.45, 7) is 0. The van der Waals surface area contributed by atoms with Gasteiger partial charge in [-0.15, -0.1) is 0 Å². The molecule has 0 aliphatic heterocycles. The monoisotopic (exact) mass is 202 g/mol. The molecule has 1 aromatic rings. The van der Waals surface area contributed by atoms with Crippen molar-refractivity contribution in [3.05, 3.63) is 44.5 Å². The average molecular weight is 202 g/mol. The Labute approximate surface area is 77.3 Å². The molecule has 0 atom stereocenters. The van der Waals surface area contributed by atoms with Crippen LogP contribution in [-0.2, 0) is 0 Å². The zero-order valence-electron chi connectivity index (χ0n) is 6.73. The van der Waals surface area contributed by atoms with Gasteiger partial charge in [0.1, 0.15) is 0 Å². The number of nitro benzene ring substituents is 2. The van der Waals surface area contributed by atoms with E-state index in [2.05, 4.69) is 0 Å². The fraction of sp³-hybridized carbons (Fsp3) is 0. The van der Waals surface area contributed by atoms with Crippen LogP contribution in [0.25, 0.3) is 0 Å². The summed E-state index contributed by atoms with van der Waals surface area (Å²) >= 11 is 0. The van der Waals surface area contributed by atoms with Gasteiger partial charge in [-0.25, -0.2) is 0 Å². The molecule has 0 radical (unpaired) electrons. The van der Waals surface area contributed by atoms with E-state index in [4.69, 9.17) is 10.5 Å². The Balaban J connectivity index is 0.000000791. The summed E-state index contributed by atoms with van der Waals surface area (Å²) in [4.78, 5) is 19.0. The third-order valence-electron chi connectivity index (χ3n) is 1.27. The van der Waals surface area contributed by atoms with Crippen LogP contribution in [0, 0.1) is 20.2 Å². The van der Waals surface area contributed by atoms with Crippen molar-refractivity contribution in [3.8, 4) is 0 Å². The Morgan fingerprint density at radius 1 is 0.857 bits per heavy atom. The Morgan fingerprint density at radius 3 is 1.21 bits per heavy atom. The van der Waals surface area contributed by atoms with Gasteiger partial charge in [-0.2, -0.15) is 0 Å². The standard InChI is InChI=1S/C6H4N2O4.H2O2/c9-7(10)5-1-2-6(4-3-5)8(11)12;1-2/h1-4H;1-2H. The van der Waals surface area contributed by atoms with Gasteiger partial charge in [0.05, 0.1) is 9.85 Å². The normalized spacial score (nSPS) is 8.43. The minimum atomic E-state index is -0.607. The van der Waals surface area contributed by atoms with E-state index in [1.54, 1.807) is 0 Å². The summed E-state index contributed by atoms with van der Waals surface area (Å²) in [5.74, 6) is 0. The highest BCUT2D eigenvalue weighted by Gasteiger charge is 2.08. The van der Waals surface area contributed by atoms with E-state index in [9.17, 15) is 20.2 Å². The first-order chi connectivity index (χ1) is 6.61. The average Bonchev–Trinajstić information content (AvgIpc) is 2.21. The van der Waals surface area contributed by atoms with Gasteiger partial charge in [0.25, 0.3) is 11.4 Å². The zero-order valence-corrected chi connectivity index (χ0v) is 6.73. The van der Waals surface area contributed by atoms with Crippen LogP contribution in [0.3, 0.4) is 0 Å². The van der Waals surface area contributed by atoms with Gasteiger partial charge < -0.3 is 0 Å². The molecule has 14 heavy (non-hydrogen) atoms. The third-order valence-corrected chi connectivity index (χ3v) is 1.27. The van der Waals surface area contributed by atoms with Crippen LogP contribution in [-0.4, -0.2) is 20.4 Å². The first-order valence-corrected chi connectivity index (χ1v) is 3.20. The SMILES string of the molecule is O=[N+]([O-])c1ccc([N+](=O)[O-])cc1.OO. The lowest BCUT2D eigenvalue weighted by molar-refractivity contribution is -0.389. The van der Waals surface area contributed by atoms with E-state index in [0.29, 0.717) is 0 Å². The minimum Gasteiger partial charge on any atom is -0.258 e. The van der Waals surface area contributed by atoms with E-state index in [1.807, 2.05) is 0 Å². The summed E-state index contributed by atoms with van der Waals surface area (Å²) in [5.41, 5.74) is -0.304. The quantitative estimate of drug-likeness (QED) is 0.425. The molecule has 0 heterocycles. The molecule has 1 aromatic carbocycles. The second-order valence-corrected chi connectivity index (χ2v) is 2.03. The molecular formula is C6H6N2O6. The fourth-order valence-corrected chi connectivity index (χ4v) is 0.696. The molecule has 0 bridgehead atoms. The smallest absolute Gasteiger partial charge is 0.258 e. The van der Waals surface area contributed by atoms with E-state index in [0.717, 1.165) is 24.3 Å². The van der Waals surface area contributed by atoms with Crippen molar-refractivity contribution in [1.29, 1.82) is 0 Å². The van der Waals surface area contributed by atoms with Crippen LogP contribution in [0.1, 0.15) is 0 Å². The van der Waals surface area contributed by atoms with Crippen LogP contribution >= 0.6 is 0 Å². The lowest BCUT2D eigenvalue weighted by atomic mass is 10.3. The molecule has 0 spiro atoms. The molecule has 8 heteroatoms. The fourth-order valence-electron chi connectivity index (χ4n) is 0.696. The van der Waals surface area contributed by atoms with Crippen molar-refractivity contribution in [1.82, 2.24) is 0 Å². The molecule has 1 rings (SSSR count). The second-order valence-electron chi connectivity index (χ2n) is 2.03. The maximum absolute atomic E-state index is 10.1. The second kappa shape index (κ2) is 5.56. The van der Waals surface area contributed by atoms with Crippen LogP contribution in [0.5, 0.6) is 0 Å². The first-order valence-electron chi connectivity index (χ1n) is 3.20. The van der Waals surface area contributed by atoms with E-state index < -0.39 is 9.85 Å². The molecule has 8 nitrogen and oxygen atoms in total. The predicted molar refractivity (Wildman–Crippen MR) is 45.0 cm³/mol. The summed E-state index contributed by atoms with van der Waals surface area (Å²) in [6.07, 6.45) is 0. The van der Waals surface area contributed by atoms with Crippen LogP contribution in [0.4, 0.5) is 11.4 Å². The maximum atomic E-state index is 10.1. The topological polar surface area (TPSA) is 127 Å². The highest BCUT2D eigenvalue weighted by Crippen LogP contribution is 2.16. The van der Waals surface area contributed by atoms with Crippen molar-refractivity contribution in [2.45, 2.75) is 0 Å². The van der Waals surface area contributed by atoms with Crippen LogP contribution in [0.2, 0.25) is 0 Å². The number of nitro groups is 2. The largest absolute Gasteiger partial charge is 0.269 e. The summed E-state index contributed by atoms with van der Waals surface area (Å²) in [5, 5.41) is 32.2. The van der Waals surface area contributed by atoms with E-state index in [-0.39, 0.29) is 11.4 Å². The van der Waals surface area contributed by atoms with Gasteiger partial charge in [-0.05, 0) is 0 Å². The number of nitrogens with zero attached hydrogens (tertiary/aromatic N) is 2. The van der Waals surface area contributed by atoms with Crippen LogP contribution < -0.4 is 0 Å². The molecule has 2 N–H and O–H groups in total. The molecule has 0 saturated heterocycles. The number of hydrogen-bond donors (Lipinski definition) is 2. The molecule has 0 saturated carbocycles. The summed E-state index contributed by atoms with van der Waals surface area (Å²) in [6, 6.07) is 4.38. The predicted octanol–water partition coefficient (Wildman–Crippen LogP) is 1.52. The van der Waals surface area contributed by atoms with Crippen molar-refractivity contribution < 1.29 is 20.4 Å². The van der Waals surface area contributed by atoms with Crippen molar-refractivity contribution in [2.24, 2.45) is 0 Å². The third kappa shape index (κ3) is 3.13. The molecule has 0 aliphatic rings. The number of benzene rings is 1. The molecule has 0 aromatic heterocycles. The van der Waals surface area contributed by atoms with E-state index in [1.165, 1.54) is 0 Å². The number of hydrogen-bond acceptors (Lipinski definition) is 6. The van der Waals surface area contributed by atoms with Crippen LogP contribution in [0.15, 0.2) is 24.3 Å². The first kappa shape index (κ1) is 11.9. The van der Waals surface area contributed by atoms with E-state index >= 15 is 0 Å². The van der Waals surface area contributed by atoms with Crippen molar-refractivity contribution in [2.75, 3.05) is 0 Å². The zero-order chi connectivity index (χ0) is 11.1. The Bertz CT molecular complexity index is 289. The summed E-state index contributed by atoms with van der Waals surface area (Å²) in [7, 11) is 0. The lowest BCUT2D eigenvalue weighted by Gasteiger charge is -1.90. The highest BCUT2D eigenvalue weighted by atomic mass is 17.0. The van der Waals surface area contributed by atoms with Crippen molar-refractivity contribution in [3.63, 3.8) is 0 Å². The van der Waals surface area contributed by atoms with Crippen molar-refractivity contribution >= 4 is 11.4 Å². The summed E-state index contributed by atoms with van der Waals surface area (Å²) < 4.78 is 0. The molecule has 76 valence electrons. The van der Waals surface area contributed by atoms with Gasteiger partial charge in [0.15, 0.2) is 0 Å². The Morgan fingerprint density at radius 2 is 1.07 bits per heavy atom.